The molecule has 2 aromatic carbocycles. The summed E-state index contributed by atoms with van der Waals surface area (Å²) in [7, 11) is 0. The Bertz CT molecular complexity index is 772. The minimum Gasteiger partial charge on any atom is -0.386 e. The van der Waals surface area contributed by atoms with Crippen molar-refractivity contribution in [2.24, 2.45) is 0 Å². The van der Waals surface area contributed by atoms with Crippen molar-refractivity contribution >= 4 is 5.78 Å². The summed E-state index contributed by atoms with van der Waals surface area (Å²) in [5.41, 5.74) is -2.09. The summed E-state index contributed by atoms with van der Waals surface area (Å²) in [5.74, 6) is -0.355. The molecule has 27 heavy (non-hydrogen) atoms. The Balaban J connectivity index is 2.33. The SMILES string of the molecule is CC(O)C(=O)CCc1ccc(-c2cc(C(F)(F)F)cc(C(F)(F)F)c2)cc1. The number of carbonyl (C=O) groups excluding carboxylic acids is 1. The van der Waals surface area contributed by atoms with E-state index >= 15 is 0 Å². The average molecular weight is 390 g/mol. The maximum absolute atomic E-state index is 12.9. The van der Waals surface area contributed by atoms with E-state index < -0.39 is 29.6 Å². The molecular formula is C19H16F6O2. The molecule has 0 amide bonds. The highest BCUT2D eigenvalue weighted by Crippen LogP contribution is 2.38. The molecule has 0 radical (unpaired) electrons. The van der Waals surface area contributed by atoms with Crippen molar-refractivity contribution in [3.8, 4) is 11.1 Å². The van der Waals surface area contributed by atoms with Crippen LogP contribution in [0.1, 0.15) is 30.0 Å². The van der Waals surface area contributed by atoms with Crippen molar-refractivity contribution < 1.29 is 36.2 Å². The molecule has 0 aliphatic carbocycles. The van der Waals surface area contributed by atoms with Crippen LogP contribution in [0.3, 0.4) is 0 Å². The van der Waals surface area contributed by atoms with Crippen molar-refractivity contribution in [2.45, 2.75) is 38.2 Å². The zero-order chi connectivity index (χ0) is 20.4. The summed E-state index contributed by atoms with van der Waals surface area (Å²) >= 11 is 0. The van der Waals surface area contributed by atoms with Gasteiger partial charge in [-0.15, -0.1) is 0 Å². The van der Waals surface area contributed by atoms with Crippen LogP contribution in [0.2, 0.25) is 0 Å². The third kappa shape index (κ3) is 5.56. The molecule has 0 aliphatic rings. The number of aliphatic hydroxyl groups is 1. The Morgan fingerprint density at radius 3 is 1.78 bits per heavy atom. The van der Waals surface area contributed by atoms with Gasteiger partial charge in [-0.05, 0) is 48.2 Å². The number of alkyl halides is 6. The topological polar surface area (TPSA) is 37.3 Å². The molecule has 0 bridgehead atoms. The van der Waals surface area contributed by atoms with E-state index in [1.807, 2.05) is 0 Å². The number of carbonyl (C=O) groups is 1. The molecule has 2 nitrogen and oxygen atoms in total. The number of hydrogen-bond acceptors (Lipinski definition) is 2. The normalized spacial score (nSPS) is 13.5. The zero-order valence-electron chi connectivity index (χ0n) is 14.2. The number of aliphatic hydroxyl groups excluding tert-OH is 1. The van der Waals surface area contributed by atoms with Crippen molar-refractivity contribution in [1.29, 1.82) is 0 Å². The van der Waals surface area contributed by atoms with E-state index in [9.17, 15) is 31.1 Å². The number of aryl methyl sites for hydroxylation is 1. The van der Waals surface area contributed by atoms with Gasteiger partial charge in [-0.3, -0.25) is 4.79 Å². The molecule has 146 valence electrons. The molecule has 0 aliphatic heterocycles. The van der Waals surface area contributed by atoms with Gasteiger partial charge in [0.1, 0.15) is 6.10 Å². The second kappa shape index (κ2) is 7.72. The Morgan fingerprint density at radius 2 is 1.37 bits per heavy atom. The van der Waals surface area contributed by atoms with Gasteiger partial charge in [-0.25, -0.2) is 0 Å². The van der Waals surface area contributed by atoms with Gasteiger partial charge in [0, 0.05) is 6.42 Å². The first-order valence-electron chi connectivity index (χ1n) is 7.97. The fourth-order valence-electron chi connectivity index (χ4n) is 2.46. The summed E-state index contributed by atoms with van der Waals surface area (Å²) in [6.45, 7) is 1.34. The zero-order valence-corrected chi connectivity index (χ0v) is 14.2. The molecule has 0 spiro atoms. The second-order valence-electron chi connectivity index (χ2n) is 6.13. The van der Waals surface area contributed by atoms with Gasteiger partial charge in [0.05, 0.1) is 11.1 Å². The molecule has 0 saturated heterocycles. The third-order valence-electron chi connectivity index (χ3n) is 4.00. The maximum atomic E-state index is 12.9. The fourth-order valence-corrected chi connectivity index (χ4v) is 2.46. The molecule has 0 saturated carbocycles. The van der Waals surface area contributed by atoms with Crippen LogP contribution in [0, 0.1) is 0 Å². The number of rotatable bonds is 5. The first-order chi connectivity index (χ1) is 12.4. The highest BCUT2D eigenvalue weighted by Gasteiger charge is 2.36. The molecule has 0 heterocycles. The number of benzene rings is 2. The molecule has 1 atom stereocenters. The van der Waals surface area contributed by atoms with Crippen molar-refractivity contribution in [3.63, 3.8) is 0 Å². The fraction of sp³-hybridized carbons (Fsp3) is 0.316. The first kappa shape index (κ1) is 21.0. The molecular weight excluding hydrogens is 374 g/mol. The lowest BCUT2D eigenvalue weighted by atomic mass is 9.97. The Kier molecular flexibility index (Phi) is 5.99. The van der Waals surface area contributed by atoms with Crippen LogP contribution >= 0.6 is 0 Å². The summed E-state index contributed by atoms with van der Waals surface area (Å²) in [6, 6.07) is 7.27. The highest BCUT2D eigenvalue weighted by atomic mass is 19.4. The van der Waals surface area contributed by atoms with E-state index in [0.717, 1.165) is 0 Å². The van der Waals surface area contributed by atoms with Gasteiger partial charge in [0.15, 0.2) is 5.78 Å². The lowest BCUT2D eigenvalue weighted by Crippen LogP contribution is -2.16. The molecule has 2 aromatic rings. The average Bonchev–Trinajstić information content (AvgIpc) is 2.58. The largest absolute Gasteiger partial charge is 0.416 e. The summed E-state index contributed by atoms with van der Waals surface area (Å²) in [5, 5.41) is 9.14. The van der Waals surface area contributed by atoms with E-state index in [0.29, 0.717) is 24.1 Å². The van der Waals surface area contributed by atoms with Crippen LogP contribution in [0.25, 0.3) is 11.1 Å². The predicted molar refractivity (Wildman–Crippen MR) is 86.9 cm³/mol. The lowest BCUT2D eigenvalue weighted by molar-refractivity contribution is -0.143. The Labute approximate surface area is 151 Å². The highest BCUT2D eigenvalue weighted by molar-refractivity contribution is 5.82. The van der Waals surface area contributed by atoms with E-state index in [-0.39, 0.29) is 29.4 Å². The summed E-state index contributed by atoms with van der Waals surface area (Å²) in [4.78, 5) is 11.4. The van der Waals surface area contributed by atoms with Crippen LogP contribution in [-0.4, -0.2) is 17.0 Å². The number of hydrogen-bond donors (Lipinski definition) is 1. The molecule has 2 rings (SSSR count). The first-order valence-corrected chi connectivity index (χ1v) is 7.97. The molecule has 8 heteroatoms. The Morgan fingerprint density at radius 1 is 0.889 bits per heavy atom. The molecule has 1 unspecified atom stereocenters. The summed E-state index contributed by atoms with van der Waals surface area (Å²) in [6.07, 6.45) is -10.5. The molecule has 1 N–H and O–H groups in total. The van der Waals surface area contributed by atoms with Gasteiger partial charge in [-0.1, -0.05) is 24.3 Å². The molecule has 0 aromatic heterocycles. The van der Waals surface area contributed by atoms with Crippen molar-refractivity contribution in [2.75, 3.05) is 0 Å². The minimum atomic E-state index is -4.91. The molecule has 0 fully saturated rings. The quantitative estimate of drug-likeness (QED) is 0.706. The van der Waals surface area contributed by atoms with Crippen LogP contribution in [0.15, 0.2) is 42.5 Å². The smallest absolute Gasteiger partial charge is 0.386 e. The van der Waals surface area contributed by atoms with Gasteiger partial charge in [0.2, 0.25) is 0 Å². The second-order valence-corrected chi connectivity index (χ2v) is 6.13. The number of halogens is 6. The lowest BCUT2D eigenvalue weighted by Gasteiger charge is -2.14. The van der Waals surface area contributed by atoms with Crippen molar-refractivity contribution in [1.82, 2.24) is 0 Å². The standard InChI is InChI=1S/C19H16F6O2/c1-11(26)17(27)7-4-12-2-5-13(6-3-12)14-8-15(18(20,21)22)10-16(9-14)19(23,24)25/h2-3,5-6,8-11,26H,4,7H2,1H3. The predicted octanol–water partition coefficient (Wildman–Crippen LogP) is 5.27. The van der Waals surface area contributed by atoms with Gasteiger partial charge < -0.3 is 5.11 Å². The van der Waals surface area contributed by atoms with Gasteiger partial charge in [-0.2, -0.15) is 26.3 Å². The van der Waals surface area contributed by atoms with E-state index in [1.54, 1.807) is 0 Å². The van der Waals surface area contributed by atoms with E-state index in [1.165, 1.54) is 31.2 Å². The van der Waals surface area contributed by atoms with Crippen molar-refractivity contribution in [3.05, 3.63) is 59.2 Å². The van der Waals surface area contributed by atoms with Gasteiger partial charge >= 0.3 is 12.4 Å². The summed E-state index contributed by atoms with van der Waals surface area (Å²) < 4.78 is 77.6. The van der Waals surface area contributed by atoms with Gasteiger partial charge in [0.25, 0.3) is 0 Å². The maximum Gasteiger partial charge on any atom is 0.416 e. The number of Topliss-reactive ketones (excluding diaryl/α,β-unsaturated/α-hetero) is 1. The Hall–Kier alpha value is -2.35. The third-order valence-corrected chi connectivity index (χ3v) is 4.00. The van der Waals surface area contributed by atoms with Crippen LogP contribution < -0.4 is 0 Å². The van der Waals surface area contributed by atoms with Crippen LogP contribution in [0.4, 0.5) is 26.3 Å². The number of ketones is 1. The van der Waals surface area contributed by atoms with Crippen LogP contribution in [0.5, 0.6) is 0 Å². The van der Waals surface area contributed by atoms with E-state index in [4.69, 9.17) is 5.11 Å². The minimum absolute atomic E-state index is 0.0821. The van der Waals surface area contributed by atoms with Crippen LogP contribution in [-0.2, 0) is 23.6 Å². The van der Waals surface area contributed by atoms with E-state index in [2.05, 4.69) is 0 Å². The monoisotopic (exact) mass is 390 g/mol.